The summed E-state index contributed by atoms with van der Waals surface area (Å²) in [6.45, 7) is 3.62. The summed E-state index contributed by atoms with van der Waals surface area (Å²) in [6, 6.07) is 5.26. The molecule has 6 heteroatoms. The molecule has 0 saturated heterocycles. The molecule has 0 aliphatic rings. The first kappa shape index (κ1) is 16.1. The first-order valence-electron chi connectivity index (χ1n) is 6.90. The van der Waals surface area contributed by atoms with E-state index in [4.69, 9.17) is 4.74 Å². The number of benzene rings is 1. The molecule has 0 atom stereocenters. The van der Waals surface area contributed by atoms with Gasteiger partial charge in [-0.25, -0.2) is 9.59 Å². The number of ether oxygens (including phenoxy) is 1. The zero-order valence-corrected chi connectivity index (χ0v) is 12.6. The van der Waals surface area contributed by atoms with Crippen molar-refractivity contribution in [1.29, 1.82) is 0 Å². The summed E-state index contributed by atoms with van der Waals surface area (Å²) in [6.07, 6.45) is 2.00. The number of nitrogens with one attached hydrogen (secondary N) is 2. The molecule has 0 spiro atoms. The van der Waals surface area contributed by atoms with Crippen LogP contribution in [0.3, 0.4) is 0 Å². The largest absolute Gasteiger partial charge is 0.440 e. The highest BCUT2D eigenvalue weighted by Gasteiger charge is 2.11. The van der Waals surface area contributed by atoms with E-state index in [1.54, 1.807) is 25.1 Å². The molecule has 2 aromatic rings. The van der Waals surface area contributed by atoms with Crippen molar-refractivity contribution in [2.24, 2.45) is 0 Å². The first-order chi connectivity index (χ1) is 11.0. The number of hydrogen-bond acceptors (Lipinski definition) is 4. The molecule has 23 heavy (non-hydrogen) atoms. The van der Waals surface area contributed by atoms with Gasteiger partial charge in [0.05, 0.1) is 5.56 Å². The molecule has 0 aliphatic carbocycles. The van der Waals surface area contributed by atoms with E-state index in [0.717, 1.165) is 11.1 Å². The van der Waals surface area contributed by atoms with Crippen molar-refractivity contribution in [3.05, 3.63) is 67.2 Å². The minimum Gasteiger partial charge on any atom is -0.440 e. The Kier molecular flexibility index (Phi) is 4.98. The molecule has 0 aliphatic heterocycles. The third-order valence-corrected chi connectivity index (χ3v) is 3.13. The minimum atomic E-state index is -0.620. The van der Waals surface area contributed by atoms with Crippen LogP contribution in [0.25, 0.3) is 6.08 Å². The van der Waals surface area contributed by atoms with Gasteiger partial charge in [0.2, 0.25) is 5.88 Å². The van der Waals surface area contributed by atoms with Gasteiger partial charge in [0, 0.05) is 5.73 Å². The molecule has 0 unspecified atom stereocenters. The van der Waals surface area contributed by atoms with Crippen molar-refractivity contribution < 1.29 is 9.53 Å². The number of aryl methyl sites for hydroxylation is 1. The third-order valence-electron chi connectivity index (χ3n) is 3.13. The molecule has 0 radical (unpaired) electrons. The topological polar surface area (TPSA) is 92.0 Å². The number of carbonyl (C=O) groups excluding carboxylic acids is 1. The predicted octanol–water partition coefficient (Wildman–Crippen LogP) is 1.88. The lowest BCUT2D eigenvalue weighted by atomic mass is 10.1. The van der Waals surface area contributed by atoms with Crippen LogP contribution < -0.4 is 16.0 Å². The van der Waals surface area contributed by atoms with E-state index < -0.39 is 11.2 Å². The molecule has 1 heterocycles. The monoisotopic (exact) mass is 310 g/mol. The average Bonchev–Trinajstić information content (AvgIpc) is 2.50. The van der Waals surface area contributed by atoms with E-state index in [9.17, 15) is 14.4 Å². The summed E-state index contributed by atoms with van der Waals surface area (Å²) in [5.74, 6) is 2.13. The molecule has 0 bridgehead atoms. The Labute approximate surface area is 131 Å². The quantitative estimate of drug-likeness (QED) is 0.666. The van der Waals surface area contributed by atoms with E-state index in [1.165, 1.54) is 5.94 Å². The lowest BCUT2D eigenvalue weighted by Gasteiger charge is -2.11. The average molecular weight is 310 g/mol. The highest BCUT2D eigenvalue weighted by molar-refractivity contribution is 5.55. The van der Waals surface area contributed by atoms with Crippen LogP contribution in [-0.2, 0) is 11.2 Å². The van der Waals surface area contributed by atoms with E-state index in [0.29, 0.717) is 17.7 Å². The van der Waals surface area contributed by atoms with Crippen molar-refractivity contribution in [3.8, 4) is 11.6 Å². The van der Waals surface area contributed by atoms with Crippen LogP contribution in [0.2, 0.25) is 0 Å². The maximum Gasteiger partial charge on any atom is 0.328 e. The van der Waals surface area contributed by atoms with Gasteiger partial charge in [-0.3, -0.25) is 14.8 Å². The van der Waals surface area contributed by atoms with E-state index in [2.05, 4.69) is 21.4 Å². The molecule has 0 fully saturated rings. The zero-order chi connectivity index (χ0) is 16.8. The standard InChI is InChI=1S/C17H14N2O4/c1-3-13-15(21)18-17(22)19-16(13)23-14-8-7-12(10-11(14)2)6-4-5-9-20/h6-8,10H,3H2,1-2H3,(H2,18,19,21,22). The highest BCUT2D eigenvalue weighted by Crippen LogP contribution is 2.25. The zero-order valence-electron chi connectivity index (χ0n) is 12.6. The third kappa shape index (κ3) is 3.88. The molecular weight excluding hydrogens is 296 g/mol. The van der Waals surface area contributed by atoms with Crippen LogP contribution in [0.4, 0.5) is 0 Å². The molecule has 1 aromatic carbocycles. The second kappa shape index (κ2) is 7.12. The second-order valence-electron chi connectivity index (χ2n) is 4.71. The summed E-state index contributed by atoms with van der Waals surface area (Å²) in [5, 5.41) is 0. The second-order valence-corrected chi connectivity index (χ2v) is 4.71. The van der Waals surface area contributed by atoms with Crippen molar-refractivity contribution in [3.63, 3.8) is 0 Å². The normalized spacial score (nSPS) is 9.48. The molecule has 116 valence electrons. The van der Waals surface area contributed by atoms with Gasteiger partial charge in [0.1, 0.15) is 5.75 Å². The maximum atomic E-state index is 11.8. The Hall–Kier alpha value is -3.29. The maximum absolute atomic E-state index is 11.8. The van der Waals surface area contributed by atoms with Gasteiger partial charge in [-0.2, -0.15) is 0 Å². The fraction of sp³-hybridized carbons (Fsp3) is 0.176. The van der Waals surface area contributed by atoms with Gasteiger partial charge < -0.3 is 4.74 Å². The Morgan fingerprint density at radius 2 is 2.04 bits per heavy atom. The Morgan fingerprint density at radius 1 is 1.26 bits per heavy atom. The SMILES string of the molecule is CCc1c(Oc2ccc(C=C=C=C=O)cc2C)[nH]c(=O)[nH]c1=O. The minimum absolute atomic E-state index is 0.136. The molecule has 2 N–H and O–H groups in total. The van der Waals surface area contributed by atoms with Crippen molar-refractivity contribution >= 4 is 12.0 Å². The van der Waals surface area contributed by atoms with Crippen molar-refractivity contribution in [1.82, 2.24) is 9.97 Å². The summed E-state index contributed by atoms with van der Waals surface area (Å²) < 4.78 is 5.69. The molecule has 0 saturated carbocycles. The summed E-state index contributed by atoms with van der Waals surface area (Å²) in [5.41, 5.74) is 5.60. The van der Waals surface area contributed by atoms with Gasteiger partial charge in [-0.1, -0.05) is 18.7 Å². The van der Waals surface area contributed by atoms with E-state index >= 15 is 0 Å². The molecule has 6 nitrogen and oxygen atoms in total. The van der Waals surface area contributed by atoms with Gasteiger partial charge >= 0.3 is 5.69 Å². The van der Waals surface area contributed by atoms with Crippen LogP contribution >= 0.6 is 0 Å². The van der Waals surface area contributed by atoms with Crippen molar-refractivity contribution in [2.45, 2.75) is 20.3 Å². The lowest BCUT2D eigenvalue weighted by molar-refractivity contribution is 0.448. The molecular formula is C17H14N2O4. The number of aromatic amines is 2. The molecule has 1 aromatic heterocycles. The molecule has 0 amide bonds. The summed E-state index contributed by atoms with van der Waals surface area (Å²) in [4.78, 5) is 37.9. The first-order valence-corrected chi connectivity index (χ1v) is 6.90. The number of rotatable bonds is 4. The fourth-order valence-corrected chi connectivity index (χ4v) is 2.04. The Morgan fingerprint density at radius 3 is 2.70 bits per heavy atom. The molecule has 2 rings (SSSR count). The van der Waals surface area contributed by atoms with Gasteiger partial charge in [0.25, 0.3) is 5.56 Å². The predicted molar refractivity (Wildman–Crippen MR) is 85.5 cm³/mol. The highest BCUT2D eigenvalue weighted by atomic mass is 16.5. The van der Waals surface area contributed by atoms with Crippen LogP contribution in [0, 0.1) is 6.92 Å². The number of hydrogen-bond donors (Lipinski definition) is 2. The van der Waals surface area contributed by atoms with Crippen LogP contribution in [0.5, 0.6) is 11.6 Å². The number of aromatic nitrogens is 2. The fourth-order valence-electron chi connectivity index (χ4n) is 2.04. The Balaban J connectivity index is 2.42. The van der Waals surface area contributed by atoms with Crippen LogP contribution in [-0.4, -0.2) is 15.9 Å². The summed E-state index contributed by atoms with van der Waals surface area (Å²) in [7, 11) is 0. The van der Waals surface area contributed by atoms with Crippen LogP contribution in [0.15, 0.2) is 39.3 Å². The Bertz CT molecular complexity index is 965. The van der Waals surface area contributed by atoms with E-state index in [1.807, 2.05) is 13.0 Å². The van der Waals surface area contributed by atoms with Crippen LogP contribution in [0.1, 0.15) is 23.6 Å². The van der Waals surface area contributed by atoms with Gasteiger partial charge in [-0.05, 0) is 42.7 Å². The van der Waals surface area contributed by atoms with E-state index in [-0.39, 0.29) is 5.88 Å². The lowest BCUT2D eigenvalue weighted by Crippen LogP contribution is -2.25. The van der Waals surface area contributed by atoms with Gasteiger partial charge in [0.15, 0.2) is 5.94 Å². The van der Waals surface area contributed by atoms with Crippen molar-refractivity contribution in [2.75, 3.05) is 0 Å². The number of H-pyrrole nitrogens is 2. The van der Waals surface area contributed by atoms with Gasteiger partial charge in [-0.15, -0.1) is 0 Å². The smallest absolute Gasteiger partial charge is 0.328 e. The summed E-state index contributed by atoms with van der Waals surface area (Å²) >= 11 is 0.